The summed E-state index contributed by atoms with van der Waals surface area (Å²) >= 11 is 0. The van der Waals surface area contributed by atoms with Crippen molar-refractivity contribution in [3.63, 3.8) is 0 Å². The Balaban J connectivity index is 1.05. The number of piperidine rings is 1. The summed E-state index contributed by atoms with van der Waals surface area (Å²) in [6, 6.07) is 21.2. The van der Waals surface area contributed by atoms with E-state index in [1.54, 1.807) is 20.3 Å². The van der Waals surface area contributed by atoms with Crippen LogP contribution in [0.2, 0.25) is 0 Å². The van der Waals surface area contributed by atoms with Crippen LogP contribution in [0.1, 0.15) is 39.1 Å². The van der Waals surface area contributed by atoms with Gasteiger partial charge in [0.1, 0.15) is 11.5 Å². The molecule has 0 radical (unpaired) electrons. The number of methoxy groups -OCH3 is 2. The molecule has 2 saturated heterocycles. The molecule has 3 aromatic carbocycles. The molecule has 43 heavy (non-hydrogen) atoms. The Kier molecular flexibility index (Phi) is 8.22. The second-order valence-corrected chi connectivity index (χ2v) is 11.3. The molecule has 0 aliphatic carbocycles. The van der Waals surface area contributed by atoms with Crippen molar-refractivity contribution in [2.24, 2.45) is 5.92 Å². The number of rotatable bonds is 8. The third-order valence-corrected chi connectivity index (χ3v) is 8.93. The number of anilines is 2. The molecule has 3 aromatic rings. The van der Waals surface area contributed by atoms with Gasteiger partial charge in [-0.25, -0.2) is 0 Å². The van der Waals surface area contributed by atoms with Crippen LogP contribution in [-0.4, -0.2) is 87.6 Å². The number of carbonyl (C=O) groups excluding carboxylic acids is 3. The third kappa shape index (κ3) is 5.76. The van der Waals surface area contributed by atoms with Gasteiger partial charge in [-0.15, -0.1) is 0 Å². The fourth-order valence-corrected chi connectivity index (χ4v) is 6.47. The molecule has 0 unspecified atom stereocenters. The van der Waals surface area contributed by atoms with Gasteiger partial charge in [-0.1, -0.05) is 24.3 Å². The Morgan fingerprint density at radius 2 is 1.44 bits per heavy atom. The van der Waals surface area contributed by atoms with Crippen LogP contribution in [0.4, 0.5) is 11.4 Å². The summed E-state index contributed by atoms with van der Waals surface area (Å²) in [5.41, 5.74) is 3.85. The lowest BCUT2D eigenvalue weighted by Gasteiger charge is -2.40. The number of piperazine rings is 1. The zero-order valence-electron chi connectivity index (χ0n) is 24.8. The molecule has 0 saturated carbocycles. The Morgan fingerprint density at radius 1 is 0.767 bits per heavy atom. The highest BCUT2D eigenvalue weighted by Crippen LogP contribution is 2.34. The molecule has 6 rings (SSSR count). The Labute approximate surface area is 252 Å². The summed E-state index contributed by atoms with van der Waals surface area (Å²) in [7, 11) is 3.29. The second kappa shape index (κ2) is 12.4. The minimum Gasteiger partial charge on any atom is -0.497 e. The van der Waals surface area contributed by atoms with E-state index in [0.717, 1.165) is 54.4 Å². The molecule has 3 aliphatic rings. The van der Waals surface area contributed by atoms with Gasteiger partial charge in [0, 0.05) is 63.5 Å². The van der Waals surface area contributed by atoms with Crippen LogP contribution in [0.25, 0.3) is 0 Å². The Hall–Kier alpha value is -4.53. The maximum atomic E-state index is 13.5. The minimum atomic E-state index is -0.247. The van der Waals surface area contributed by atoms with E-state index in [1.807, 2.05) is 59.5 Å². The first-order chi connectivity index (χ1) is 21.0. The van der Waals surface area contributed by atoms with E-state index in [4.69, 9.17) is 9.47 Å². The molecule has 2 fully saturated rings. The van der Waals surface area contributed by atoms with Crippen LogP contribution in [-0.2, 0) is 11.2 Å². The van der Waals surface area contributed by atoms with Gasteiger partial charge in [0.15, 0.2) is 0 Å². The zero-order chi connectivity index (χ0) is 29.9. The first-order valence-corrected chi connectivity index (χ1v) is 15.0. The van der Waals surface area contributed by atoms with E-state index in [9.17, 15) is 14.4 Å². The lowest BCUT2D eigenvalue weighted by atomic mass is 9.93. The van der Waals surface area contributed by atoms with Gasteiger partial charge in [0.2, 0.25) is 5.91 Å². The molecule has 9 nitrogen and oxygen atoms in total. The van der Waals surface area contributed by atoms with Gasteiger partial charge in [0.25, 0.3) is 11.8 Å². The summed E-state index contributed by atoms with van der Waals surface area (Å²) in [6.07, 6.45) is 2.00. The van der Waals surface area contributed by atoms with Crippen molar-refractivity contribution >= 4 is 29.1 Å². The molecule has 3 heterocycles. The number of imide groups is 1. The molecular weight excluding hydrogens is 544 g/mol. The average molecular weight is 583 g/mol. The van der Waals surface area contributed by atoms with Crippen LogP contribution >= 0.6 is 0 Å². The number of carbonyl (C=O) groups is 3. The number of ether oxygens (including phenoxy) is 2. The molecule has 0 bridgehead atoms. The second-order valence-electron chi connectivity index (χ2n) is 11.3. The molecule has 224 valence electrons. The standard InChI is InChI=1S/C34H38N4O5/c1-42-27-8-3-6-24(22-27)12-17-38-33(40)29-10-5-11-30(31(29)34(38)41)36-15-13-25(14-16-36)32(39)37-20-18-35(19-21-37)26-7-4-9-28(23-26)43-2/h3-11,22-23,25H,12-21H2,1-2H3. The van der Waals surface area contributed by atoms with Gasteiger partial charge in [-0.3, -0.25) is 19.3 Å². The van der Waals surface area contributed by atoms with Crippen molar-refractivity contribution in [3.8, 4) is 11.5 Å². The summed E-state index contributed by atoms with van der Waals surface area (Å²) in [6.45, 7) is 4.62. The van der Waals surface area contributed by atoms with Crippen LogP contribution in [0.3, 0.4) is 0 Å². The minimum absolute atomic E-state index is 0.0342. The smallest absolute Gasteiger partial charge is 0.263 e. The summed E-state index contributed by atoms with van der Waals surface area (Å²) in [4.78, 5) is 48.1. The number of benzene rings is 3. The van der Waals surface area contributed by atoms with Crippen molar-refractivity contribution in [2.75, 3.05) is 69.8 Å². The predicted molar refractivity (Wildman–Crippen MR) is 165 cm³/mol. The summed E-state index contributed by atoms with van der Waals surface area (Å²) in [5, 5.41) is 0. The number of amides is 3. The zero-order valence-corrected chi connectivity index (χ0v) is 24.8. The highest BCUT2D eigenvalue weighted by molar-refractivity contribution is 6.23. The first-order valence-electron chi connectivity index (χ1n) is 15.0. The van der Waals surface area contributed by atoms with Crippen molar-refractivity contribution in [1.82, 2.24) is 9.80 Å². The Bertz CT molecular complexity index is 1510. The predicted octanol–water partition coefficient (Wildman–Crippen LogP) is 4.11. The lowest BCUT2D eigenvalue weighted by Crippen LogP contribution is -2.51. The Morgan fingerprint density at radius 3 is 2.16 bits per heavy atom. The van der Waals surface area contributed by atoms with Crippen molar-refractivity contribution in [2.45, 2.75) is 19.3 Å². The van der Waals surface area contributed by atoms with E-state index >= 15 is 0 Å². The van der Waals surface area contributed by atoms with E-state index < -0.39 is 0 Å². The lowest BCUT2D eigenvalue weighted by molar-refractivity contribution is -0.136. The topological polar surface area (TPSA) is 82.6 Å². The van der Waals surface area contributed by atoms with Crippen molar-refractivity contribution in [3.05, 3.63) is 83.4 Å². The van der Waals surface area contributed by atoms with Gasteiger partial charge in [-0.2, -0.15) is 0 Å². The number of fused-ring (bicyclic) bond motifs is 1. The molecule has 0 atom stereocenters. The van der Waals surface area contributed by atoms with Gasteiger partial charge < -0.3 is 24.2 Å². The van der Waals surface area contributed by atoms with Crippen LogP contribution < -0.4 is 19.3 Å². The van der Waals surface area contributed by atoms with E-state index in [2.05, 4.69) is 15.9 Å². The number of hydrogen-bond acceptors (Lipinski definition) is 7. The molecule has 0 aromatic heterocycles. The van der Waals surface area contributed by atoms with Crippen LogP contribution in [0, 0.1) is 5.92 Å². The summed E-state index contributed by atoms with van der Waals surface area (Å²) in [5.74, 6) is 1.28. The van der Waals surface area contributed by atoms with Crippen LogP contribution in [0.15, 0.2) is 66.7 Å². The normalized spacial score (nSPS) is 17.3. The fraction of sp³-hybridized carbons (Fsp3) is 0.382. The number of nitrogens with zero attached hydrogens (tertiary/aromatic N) is 4. The van der Waals surface area contributed by atoms with Gasteiger partial charge in [0.05, 0.1) is 31.0 Å². The first kappa shape index (κ1) is 28.6. The molecule has 3 aliphatic heterocycles. The highest BCUT2D eigenvalue weighted by atomic mass is 16.5. The molecule has 0 spiro atoms. The highest BCUT2D eigenvalue weighted by Gasteiger charge is 2.39. The molecular formula is C34H38N4O5. The maximum Gasteiger partial charge on any atom is 0.263 e. The average Bonchev–Trinajstić information content (AvgIpc) is 3.32. The monoisotopic (exact) mass is 582 g/mol. The fourth-order valence-electron chi connectivity index (χ4n) is 6.47. The SMILES string of the molecule is COc1cccc(CCN2C(=O)c3cccc(N4CCC(C(=O)N5CCN(c6cccc(OC)c6)CC5)CC4)c3C2=O)c1. The maximum absolute atomic E-state index is 13.5. The van der Waals surface area contributed by atoms with E-state index in [0.29, 0.717) is 50.3 Å². The van der Waals surface area contributed by atoms with E-state index in [1.165, 1.54) is 4.90 Å². The third-order valence-electron chi connectivity index (χ3n) is 8.93. The molecule has 9 heteroatoms. The number of hydrogen-bond donors (Lipinski definition) is 0. The summed E-state index contributed by atoms with van der Waals surface area (Å²) < 4.78 is 10.7. The largest absolute Gasteiger partial charge is 0.497 e. The van der Waals surface area contributed by atoms with Crippen molar-refractivity contribution in [1.29, 1.82) is 0 Å². The van der Waals surface area contributed by atoms with Gasteiger partial charge >= 0.3 is 0 Å². The van der Waals surface area contributed by atoms with Gasteiger partial charge in [-0.05, 0) is 61.2 Å². The van der Waals surface area contributed by atoms with Crippen molar-refractivity contribution < 1.29 is 23.9 Å². The molecule has 0 N–H and O–H groups in total. The van der Waals surface area contributed by atoms with E-state index in [-0.39, 0.29) is 23.6 Å². The van der Waals surface area contributed by atoms with Crippen LogP contribution in [0.5, 0.6) is 11.5 Å². The molecule has 3 amide bonds. The quantitative estimate of drug-likeness (QED) is 0.370.